The second-order valence-electron chi connectivity index (χ2n) is 5.44. The minimum atomic E-state index is -3.63. The van der Waals surface area contributed by atoms with Gasteiger partial charge in [-0.05, 0) is 25.1 Å². The number of esters is 1. The largest absolute Gasteiger partial charge is 0.448 e. The van der Waals surface area contributed by atoms with Crippen molar-refractivity contribution in [1.82, 2.24) is 14.3 Å². The molecule has 138 valence electrons. The van der Waals surface area contributed by atoms with E-state index in [2.05, 4.69) is 15.3 Å². The lowest BCUT2D eigenvalue weighted by Crippen LogP contribution is -2.30. The molecular weight excluding hydrogens is 360 g/mol. The fraction of sp³-hybridized carbons (Fsp3) is 0.250. The van der Waals surface area contributed by atoms with Crippen LogP contribution in [0.5, 0.6) is 0 Å². The molecule has 1 aromatic heterocycles. The van der Waals surface area contributed by atoms with E-state index in [-0.39, 0.29) is 16.3 Å². The Morgan fingerprint density at radius 1 is 1.23 bits per heavy atom. The molecule has 0 radical (unpaired) electrons. The topological polar surface area (TPSA) is 119 Å². The van der Waals surface area contributed by atoms with Crippen molar-refractivity contribution in [1.29, 1.82) is 0 Å². The lowest BCUT2D eigenvalue weighted by molar-refractivity contribution is -0.123. The van der Waals surface area contributed by atoms with Crippen LogP contribution >= 0.6 is 0 Å². The molecule has 1 atom stereocenters. The van der Waals surface area contributed by atoms with Crippen LogP contribution in [-0.2, 0) is 19.6 Å². The predicted molar refractivity (Wildman–Crippen MR) is 92.9 cm³/mol. The Balaban J connectivity index is 2.06. The number of nitrogens with one attached hydrogen (secondary N) is 1. The fourth-order valence-corrected chi connectivity index (χ4v) is 2.82. The molecule has 0 aliphatic rings. The number of carbonyl (C=O) groups excluding carboxylic acids is 2. The molecule has 26 heavy (non-hydrogen) atoms. The molecule has 1 amide bonds. The van der Waals surface area contributed by atoms with Gasteiger partial charge in [-0.25, -0.2) is 22.5 Å². The van der Waals surface area contributed by atoms with E-state index in [0.29, 0.717) is 0 Å². The summed E-state index contributed by atoms with van der Waals surface area (Å²) in [5.74, 6) is -1.40. The Morgan fingerprint density at radius 2 is 1.96 bits per heavy atom. The lowest BCUT2D eigenvalue weighted by atomic mass is 10.3. The average Bonchev–Trinajstić information content (AvgIpc) is 2.62. The van der Waals surface area contributed by atoms with Gasteiger partial charge >= 0.3 is 5.97 Å². The maximum atomic E-state index is 12.2. The zero-order valence-corrected chi connectivity index (χ0v) is 15.2. The normalized spacial score (nSPS) is 12.5. The van der Waals surface area contributed by atoms with Gasteiger partial charge in [0.1, 0.15) is 0 Å². The third-order valence-corrected chi connectivity index (χ3v) is 5.12. The third kappa shape index (κ3) is 4.61. The van der Waals surface area contributed by atoms with Gasteiger partial charge in [-0.2, -0.15) is 0 Å². The highest BCUT2D eigenvalue weighted by atomic mass is 32.2. The Kier molecular flexibility index (Phi) is 6.01. The van der Waals surface area contributed by atoms with Crippen molar-refractivity contribution in [2.24, 2.45) is 0 Å². The first-order valence-corrected chi connectivity index (χ1v) is 8.96. The van der Waals surface area contributed by atoms with E-state index in [1.165, 1.54) is 63.9 Å². The Morgan fingerprint density at radius 3 is 2.58 bits per heavy atom. The molecular formula is C16H18N4O5S. The third-order valence-electron chi connectivity index (χ3n) is 3.31. The van der Waals surface area contributed by atoms with Gasteiger partial charge in [-0.15, -0.1) is 0 Å². The van der Waals surface area contributed by atoms with Crippen LogP contribution in [0.4, 0.5) is 5.69 Å². The smallest absolute Gasteiger partial charge is 0.359 e. The van der Waals surface area contributed by atoms with E-state index in [4.69, 9.17) is 4.74 Å². The molecule has 1 N–H and O–H groups in total. The molecule has 2 aromatic rings. The second-order valence-corrected chi connectivity index (χ2v) is 7.59. The van der Waals surface area contributed by atoms with Crippen LogP contribution in [0.25, 0.3) is 0 Å². The van der Waals surface area contributed by atoms with Crippen molar-refractivity contribution in [3.8, 4) is 0 Å². The summed E-state index contributed by atoms with van der Waals surface area (Å²) in [4.78, 5) is 31.6. The molecule has 10 heteroatoms. The van der Waals surface area contributed by atoms with Crippen molar-refractivity contribution in [3.63, 3.8) is 0 Å². The Hall–Kier alpha value is -2.85. The van der Waals surface area contributed by atoms with Crippen LogP contribution in [0.3, 0.4) is 0 Å². The maximum absolute atomic E-state index is 12.2. The Labute approximate surface area is 151 Å². The first-order chi connectivity index (χ1) is 12.2. The van der Waals surface area contributed by atoms with Crippen LogP contribution in [0.1, 0.15) is 17.4 Å². The van der Waals surface area contributed by atoms with Gasteiger partial charge in [0.25, 0.3) is 5.91 Å². The van der Waals surface area contributed by atoms with Crippen LogP contribution in [0, 0.1) is 0 Å². The number of carbonyl (C=O) groups is 2. The number of sulfonamides is 1. The van der Waals surface area contributed by atoms with Crippen LogP contribution in [0.15, 0.2) is 47.8 Å². The minimum absolute atomic E-state index is 0.0220. The zero-order chi connectivity index (χ0) is 19.3. The van der Waals surface area contributed by atoms with Crippen LogP contribution in [-0.4, -0.2) is 54.8 Å². The van der Waals surface area contributed by atoms with Crippen molar-refractivity contribution in [2.75, 3.05) is 19.4 Å². The van der Waals surface area contributed by atoms with E-state index < -0.39 is 28.0 Å². The molecule has 0 aliphatic carbocycles. The second kappa shape index (κ2) is 8.02. The van der Waals surface area contributed by atoms with Gasteiger partial charge in [-0.3, -0.25) is 9.78 Å². The first kappa shape index (κ1) is 19.5. The first-order valence-electron chi connectivity index (χ1n) is 7.52. The molecule has 9 nitrogen and oxygen atoms in total. The summed E-state index contributed by atoms with van der Waals surface area (Å²) < 4.78 is 30.4. The van der Waals surface area contributed by atoms with Crippen molar-refractivity contribution < 1.29 is 22.7 Å². The molecule has 0 spiro atoms. The number of nitrogens with zero attached hydrogens (tertiary/aromatic N) is 3. The molecule has 0 fully saturated rings. The van der Waals surface area contributed by atoms with Gasteiger partial charge in [-0.1, -0.05) is 6.07 Å². The molecule has 0 aliphatic heterocycles. The summed E-state index contributed by atoms with van der Waals surface area (Å²) in [7, 11) is -0.806. The summed E-state index contributed by atoms with van der Waals surface area (Å²) in [6.45, 7) is 1.39. The highest BCUT2D eigenvalue weighted by Gasteiger charge is 2.21. The molecule has 1 heterocycles. The number of amides is 1. The SMILES string of the molecule is C[C@@H](OC(=O)c1cnccn1)C(=O)Nc1cccc(S(=O)(=O)N(C)C)c1. The summed E-state index contributed by atoms with van der Waals surface area (Å²) in [5, 5.41) is 2.51. The molecule has 0 bridgehead atoms. The summed E-state index contributed by atoms with van der Waals surface area (Å²) >= 11 is 0. The van der Waals surface area contributed by atoms with Crippen molar-refractivity contribution in [2.45, 2.75) is 17.9 Å². The summed E-state index contributed by atoms with van der Waals surface area (Å²) in [6, 6.07) is 5.78. The molecule has 0 saturated carbocycles. The monoisotopic (exact) mass is 378 g/mol. The van der Waals surface area contributed by atoms with E-state index >= 15 is 0 Å². The maximum Gasteiger partial charge on any atom is 0.359 e. The van der Waals surface area contributed by atoms with Gasteiger partial charge < -0.3 is 10.1 Å². The number of ether oxygens (including phenoxy) is 1. The number of rotatable bonds is 6. The number of hydrogen-bond donors (Lipinski definition) is 1. The quantitative estimate of drug-likeness (QED) is 0.742. The van der Waals surface area contributed by atoms with Gasteiger partial charge in [0.05, 0.1) is 11.1 Å². The number of aromatic nitrogens is 2. The molecule has 1 aromatic carbocycles. The standard InChI is InChI=1S/C16H18N4O5S/c1-11(25-16(22)14-10-17-7-8-18-14)15(21)19-12-5-4-6-13(9-12)26(23,24)20(2)3/h4-11H,1-3H3,(H,19,21)/t11-/m1/s1. The van der Waals surface area contributed by atoms with Gasteiger partial charge in [0.15, 0.2) is 11.8 Å². The highest BCUT2D eigenvalue weighted by molar-refractivity contribution is 7.89. The molecule has 2 rings (SSSR count). The van der Waals surface area contributed by atoms with Crippen molar-refractivity contribution in [3.05, 3.63) is 48.5 Å². The highest BCUT2D eigenvalue weighted by Crippen LogP contribution is 2.18. The van der Waals surface area contributed by atoms with Gasteiger partial charge in [0.2, 0.25) is 10.0 Å². The summed E-state index contributed by atoms with van der Waals surface area (Å²) in [6.07, 6.45) is 2.85. The molecule has 0 saturated heterocycles. The molecule has 0 unspecified atom stereocenters. The van der Waals surface area contributed by atoms with Gasteiger partial charge in [0, 0.05) is 32.2 Å². The number of hydrogen-bond acceptors (Lipinski definition) is 7. The average molecular weight is 378 g/mol. The Bertz CT molecular complexity index is 900. The van der Waals surface area contributed by atoms with Crippen molar-refractivity contribution >= 4 is 27.6 Å². The van der Waals surface area contributed by atoms with Crippen LogP contribution in [0.2, 0.25) is 0 Å². The zero-order valence-electron chi connectivity index (χ0n) is 14.4. The minimum Gasteiger partial charge on any atom is -0.448 e. The number of benzene rings is 1. The summed E-state index contributed by atoms with van der Waals surface area (Å²) in [5.41, 5.74) is 0.242. The van der Waals surface area contributed by atoms with Crippen LogP contribution < -0.4 is 5.32 Å². The van der Waals surface area contributed by atoms with E-state index in [0.717, 1.165) is 4.31 Å². The predicted octanol–water partition coefficient (Wildman–Crippen LogP) is 0.911. The fourth-order valence-electron chi connectivity index (χ4n) is 1.87. The van der Waals surface area contributed by atoms with E-state index in [1.54, 1.807) is 0 Å². The van der Waals surface area contributed by atoms with E-state index in [9.17, 15) is 18.0 Å². The lowest BCUT2D eigenvalue weighted by Gasteiger charge is -2.15. The van der Waals surface area contributed by atoms with E-state index in [1.807, 2.05) is 0 Å². The number of anilines is 1.